The van der Waals surface area contributed by atoms with Crippen LogP contribution < -0.4 is 11.1 Å². The molecule has 2 fully saturated rings. The lowest BCUT2D eigenvalue weighted by molar-refractivity contribution is -0.156. The zero-order chi connectivity index (χ0) is 33.9. The van der Waals surface area contributed by atoms with E-state index in [1.165, 1.54) is 4.90 Å². The van der Waals surface area contributed by atoms with E-state index in [2.05, 4.69) is 5.32 Å². The summed E-state index contributed by atoms with van der Waals surface area (Å²) in [5.74, 6) is -1.13. The van der Waals surface area contributed by atoms with Gasteiger partial charge in [0.25, 0.3) is 0 Å². The highest BCUT2D eigenvalue weighted by Gasteiger charge is 2.54. The van der Waals surface area contributed by atoms with Crippen molar-refractivity contribution in [2.45, 2.75) is 168 Å². The van der Waals surface area contributed by atoms with Crippen molar-refractivity contribution >= 4 is 25.3 Å². The molecule has 1 unspecified atom stereocenters. The van der Waals surface area contributed by atoms with E-state index in [0.717, 1.165) is 0 Å². The maximum absolute atomic E-state index is 13.4. The topological polar surface area (TPSA) is 150 Å². The van der Waals surface area contributed by atoms with Gasteiger partial charge in [-0.2, -0.15) is 0 Å². The molecule has 254 valence electrons. The van der Waals surface area contributed by atoms with Crippen LogP contribution in [0.1, 0.15) is 122 Å². The summed E-state index contributed by atoms with van der Waals surface area (Å²) in [6.07, 6.45) is 2.02. The number of alkyl carbamates (subject to hydrolysis) is 1. The fraction of sp³-hybridized carbons (Fsp3) is 0.906. The Kier molecular flexibility index (Phi) is 12.3. The highest BCUT2D eigenvalue weighted by atomic mass is 16.7. The standard InChI is InChI=1S/C32H60BN3O8/c1-21(2)19-23(35-26(39)41-28(3,4)5)24(34)22-15-18-36(27(40)42-29(6,7)8)32(20-22,25(37)38)16-13-14-17-33-43-30(9,10)31(11,12)44-33/h21-24H,13-20,34H2,1-12H3,(H,35,39)(H,37,38)/t22-,23-,24?,32+/m0/s1. The van der Waals surface area contributed by atoms with E-state index in [9.17, 15) is 19.5 Å². The van der Waals surface area contributed by atoms with Crippen LogP contribution in [0.4, 0.5) is 9.59 Å². The molecule has 2 heterocycles. The normalized spacial score (nSPS) is 25.0. The molecule has 0 spiro atoms. The number of hydrogen-bond acceptors (Lipinski definition) is 8. The molecule has 4 atom stereocenters. The molecule has 0 saturated carbocycles. The maximum atomic E-state index is 13.4. The number of nitrogens with one attached hydrogen (secondary N) is 1. The van der Waals surface area contributed by atoms with E-state index >= 15 is 0 Å². The summed E-state index contributed by atoms with van der Waals surface area (Å²) in [7, 11) is -0.383. The second kappa shape index (κ2) is 14.2. The summed E-state index contributed by atoms with van der Waals surface area (Å²) >= 11 is 0. The zero-order valence-corrected chi connectivity index (χ0v) is 29.4. The summed E-state index contributed by atoms with van der Waals surface area (Å²) in [6, 6.07) is -0.980. The first-order valence-corrected chi connectivity index (χ1v) is 16.2. The molecule has 2 aliphatic heterocycles. The number of amides is 2. The Morgan fingerprint density at radius 1 is 1.00 bits per heavy atom. The molecule has 0 radical (unpaired) electrons. The predicted octanol–water partition coefficient (Wildman–Crippen LogP) is 5.99. The quantitative estimate of drug-likeness (QED) is 0.186. The van der Waals surface area contributed by atoms with Gasteiger partial charge in [0.2, 0.25) is 0 Å². The number of piperidine rings is 1. The molecule has 0 aromatic carbocycles. The number of carboxylic acids is 1. The fourth-order valence-electron chi connectivity index (χ4n) is 6.03. The van der Waals surface area contributed by atoms with Gasteiger partial charge < -0.3 is 34.9 Å². The van der Waals surface area contributed by atoms with E-state index in [1.807, 2.05) is 41.5 Å². The summed E-state index contributed by atoms with van der Waals surface area (Å²) in [5.41, 5.74) is 2.99. The van der Waals surface area contributed by atoms with Crippen molar-refractivity contribution in [2.75, 3.05) is 6.54 Å². The molecule has 44 heavy (non-hydrogen) atoms. The average Bonchev–Trinajstić information content (AvgIpc) is 3.03. The summed E-state index contributed by atoms with van der Waals surface area (Å²) in [4.78, 5) is 40.8. The Bertz CT molecular complexity index is 990. The molecule has 11 nitrogen and oxygen atoms in total. The third-order valence-corrected chi connectivity index (χ3v) is 8.87. The number of likely N-dealkylation sites (tertiary alicyclic amines) is 1. The van der Waals surface area contributed by atoms with Gasteiger partial charge in [0.15, 0.2) is 0 Å². The van der Waals surface area contributed by atoms with Gasteiger partial charge in [-0.3, -0.25) is 4.90 Å². The van der Waals surface area contributed by atoms with E-state index < -0.39 is 58.2 Å². The smallest absolute Gasteiger partial charge is 0.457 e. The number of carbonyl (C=O) groups is 3. The Balaban J connectivity index is 2.29. The lowest BCUT2D eigenvalue weighted by Crippen LogP contribution is -2.64. The minimum Gasteiger partial charge on any atom is -0.479 e. The van der Waals surface area contributed by atoms with Crippen LogP contribution in [0.2, 0.25) is 6.32 Å². The van der Waals surface area contributed by atoms with Crippen molar-refractivity contribution in [1.82, 2.24) is 10.2 Å². The molecular formula is C32H60BN3O8. The predicted molar refractivity (Wildman–Crippen MR) is 171 cm³/mol. The minimum absolute atomic E-state index is 0.143. The molecule has 0 aromatic heterocycles. The van der Waals surface area contributed by atoms with Gasteiger partial charge in [-0.15, -0.1) is 0 Å². The zero-order valence-electron chi connectivity index (χ0n) is 29.4. The van der Waals surface area contributed by atoms with Crippen molar-refractivity contribution < 1.29 is 38.3 Å². The molecular weight excluding hydrogens is 565 g/mol. The van der Waals surface area contributed by atoms with E-state index in [1.54, 1.807) is 41.5 Å². The first-order chi connectivity index (χ1) is 19.9. The second-order valence-corrected chi connectivity index (χ2v) is 16.1. The van der Waals surface area contributed by atoms with Gasteiger partial charge in [0.05, 0.1) is 11.2 Å². The van der Waals surface area contributed by atoms with Crippen LogP contribution in [0.5, 0.6) is 0 Å². The van der Waals surface area contributed by atoms with Gasteiger partial charge in [0.1, 0.15) is 16.7 Å². The maximum Gasteiger partial charge on any atom is 0.457 e. The number of aliphatic carboxylic acids is 1. The fourth-order valence-corrected chi connectivity index (χ4v) is 6.03. The van der Waals surface area contributed by atoms with Crippen molar-refractivity contribution in [3.63, 3.8) is 0 Å². The van der Waals surface area contributed by atoms with Gasteiger partial charge >= 0.3 is 25.3 Å². The van der Waals surface area contributed by atoms with Crippen molar-refractivity contribution in [3.05, 3.63) is 0 Å². The Hall–Kier alpha value is -2.05. The van der Waals surface area contributed by atoms with Crippen LogP contribution in [-0.2, 0) is 23.6 Å². The molecule has 12 heteroatoms. The monoisotopic (exact) mass is 625 g/mol. The highest BCUT2D eigenvalue weighted by Crippen LogP contribution is 2.41. The van der Waals surface area contributed by atoms with E-state index in [4.69, 9.17) is 24.5 Å². The summed E-state index contributed by atoms with van der Waals surface area (Å²) < 4.78 is 23.4. The Morgan fingerprint density at radius 2 is 1.55 bits per heavy atom. The lowest BCUT2D eigenvalue weighted by Gasteiger charge is -2.49. The van der Waals surface area contributed by atoms with E-state index in [0.29, 0.717) is 32.0 Å². The number of nitrogens with two attached hydrogens (primary N) is 1. The van der Waals surface area contributed by atoms with Crippen LogP contribution in [0.15, 0.2) is 0 Å². The molecule has 2 aliphatic rings. The van der Waals surface area contributed by atoms with Crippen LogP contribution in [-0.4, -0.2) is 81.9 Å². The first kappa shape index (κ1) is 38.1. The second-order valence-electron chi connectivity index (χ2n) is 16.1. The molecule has 2 amide bonds. The number of rotatable bonds is 11. The number of hydrogen-bond donors (Lipinski definition) is 3. The number of ether oxygens (including phenoxy) is 2. The number of carbonyl (C=O) groups excluding carboxylic acids is 2. The van der Waals surface area contributed by atoms with E-state index in [-0.39, 0.29) is 38.3 Å². The van der Waals surface area contributed by atoms with Crippen molar-refractivity contribution in [1.29, 1.82) is 0 Å². The summed E-state index contributed by atoms with van der Waals surface area (Å²) in [6.45, 7) is 22.9. The SMILES string of the molecule is CC(C)C[C@H](NC(=O)OC(C)(C)C)C(N)[C@H]1CCN(C(=O)OC(C)(C)C)[C@@](CCCCB2OC(C)(C)C(C)(C)O2)(C(=O)O)C1. The average molecular weight is 626 g/mol. The Labute approximate surface area is 265 Å². The molecule has 2 rings (SSSR count). The molecule has 0 aliphatic carbocycles. The summed E-state index contributed by atoms with van der Waals surface area (Å²) in [5, 5.41) is 13.7. The largest absolute Gasteiger partial charge is 0.479 e. The van der Waals surface area contributed by atoms with Gasteiger partial charge in [0, 0.05) is 18.6 Å². The minimum atomic E-state index is -1.52. The third kappa shape index (κ3) is 10.2. The Morgan fingerprint density at radius 3 is 2.02 bits per heavy atom. The van der Waals surface area contributed by atoms with Crippen LogP contribution in [0.25, 0.3) is 0 Å². The highest BCUT2D eigenvalue weighted by molar-refractivity contribution is 6.45. The molecule has 2 saturated heterocycles. The molecule has 4 N–H and O–H groups in total. The number of unbranched alkanes of at least 4 members (excludes halogenated alkanes) is 1. The van der Waals surface area contributed by atoms with Gasteiger partial charge in [-0.05, 0) is 113 Å². The van der Waals surface area contributed by atoms with Gasteiger partial charge in [-0.1, -0.05) is 26.7 Å². The van der Waals surface area contributed by atoms with Crippen molar-refractivity contribution in [2.24, 2.45) is 17.6 Å². The first-order valence-electron chi connectivity index (χ1n) is 16.2. The third-order valence-electron chi connectivity index (χ3n) is 8.87. The van der Waals surface area contributed by atoms with Crippen molar-refractivity contribution in [3.8, 4) is 0 Å². The van der Waals surface area contributed by atoms with Crippen LogP contribution in [0.3, 0.4) is 0 Å². The lowest BCUT2D eigenvalue weighted by atomic mass is 9.72. The van der Waals surface area contributed by atoms with Gasteiger partial charge in [-0.25, -0.2) is 14.4 Å². The van der Waals surface area contributed by atoms with Crippen LogP contribution in [0, 0.1) is 11.8 Å². The number of carboxylic acid groups (broad SMARTS) is 1. The van der Waals surface area contributed by atoms with Crippen LogP contribution >= 0.6 is 0 Å². The number of nitrogens with zero attached hydrogens (tertiary/aromatic N) is 1. The molecule has 0 aromatic rings. The molecule has 0 bridgehead atoms.